The van der Waals surface area contributed by atoms with Crippen molar-refractivity contribution >= 4 is 5.97 Å². The maximum atomic E-state index is 11.3. The Balaban J connectivity index is 2.49. The van der Waals surface area contributed by atoms with Gasteiger partial charge < -0.3 is 14.6 Å². The van der Waals surface area contributed by atoms with Gasteiger partial charge in [-0.05, 0) is 13.3 Å². The van der Waals surface area contributed by atoms with Crippen LogP contribution in [0, 0.1) is 0 Å². The summed E-state index contributed by atoms with van der Waals surface area (Å²) in [5.74, 6) is -0.211. The lowest BCUT2D eigenvalue weighted by Gasteiger charge is -2.28. The number of hydrogen-bond acceptors (Lipinski definition) is 5. The van der Waals surface area contributed by atoms with Gasteiger partial charge in [0.1, 0.15) is 6.26 Å². The number of methoxy groups -OCH3 is 1. The third kappa shape index (κ3) is 3.66. The first-order valence-electron chi connectivity index (χ1n) is 5.31. The second-order valence-corrected chi connectivity index (χ2v) is 4.01. The highest BCUT2D eigenvalue weighted by molar-refractivity contribution is 5.70. The summed E-state index contributed by atoms with van der Waals surface area (Å²) in [5.41, 5.74) is 0.552. The van der Waals surface area contributed by atoms with Gasteiger partial charge in [0.2, 0.25) is 0 Å². The first kappa shape index (κ1) is 12.7. The van der Waals surface area contributed by atoms with E-state index in [-0.39, 0.29) is 11.5 Å². The second kappa shape index (κ2) is 5.65. The molecular formula is C11H18N2O3. The Morgan fingerprint density at radius 2 is 2.44 bits per heavy atom. The molecule has 5 heteroatoms. The van der Waals surface area contributed by atoms with E-state index in [0.29, 0.717) is 13.0 Å². The van der Waals surface area contributed by atoms with E-state index >= 15 is 0 Å². The van der Waals surface area contributed by atoms with Gasteiger partial charge in [0.05, 0.1) is 19.2 Å². The van der Waals surface area contributed by atoms with E-state index < -0.39 is 0 Å². The Hall–Kier alpha value is -1.36. The molecule has 0 aliphatic rings. The molecular weight excluding hydrogens is 208 g/mol. The molecule has 0 aliphatic carbocycles. The minimum Gasteiger partial charge on any atom is -0.469 e. The monoisotopic (exact) mass is 226 g/mol. The van der Waals surface area contributed by atoms with Crippen LogP contribution in [0.25, 0.3) is 0 Å². The molecule has 1 N–H and O–H groups in total. The van der Waals surface area contributed by atoms with Crippen molar-refractivity contribution in [2.24, 2.45) is 0 Å². The van der Waals surface area contributed by atoms with Gasteiger partial charge in [0, 0.05) is 18.2 Å². The van der Waals surface area contributed by atoms with Gasteiger partial charge in [-0.15, -0.1) is 0 Å². The lowest BCUT2D eigenvalue weighted by Crippen LogP contribution is -2.43. The number of carbonyl (C=O) groups excluding carboxylic acids is 1. The lowest BCUT2D eigenvalue weighted by molar-refractivity contribution is -0.142. The van der Waals surface area contributed by atoms with Crippen LogP contribution in [0.3, 0.4) is 0 Å². The topological polar surface area (TPSA) is 64.4 Å². The van der Waals surface area contributed by atoms with Crippen LogP contribution in [0.1, 0.15) is 32.4 Å². The molecule has 16 heavy (non-hydrogen) atoms. The average molecular weight is 226 g/mol. The molecule has 90 valence electrons. The van der Waals surface area contributed by atoms with Crippen molar-refractivity contribution < 1.29 is 14.1 Å². The highest BCUT2D eigenvalue weighted by atomic mass is 16.5. The molecule has 0 aromatic carbocycles. The van der Waals surface area contributed by atoms with Crippen LogP contribution < -0.4 is 5.32 Å². The van der Waals surface area contributed by atoms with Crippen LogP contribution in [-0.2, 0) is 16.1 Å². The summed E-state index contributed by atoms with van der Waals surface area (Å²) in [6, 6.07) is 1.79. The summed E-state index contributed by atoms with van der Waals surface area (Å²) in [4.78, 5) is 11.3. The van der Waals surface area contributed by atoms with Crippen molar-refractivity contribution in [2.45, 2.75) is 38.8 Å². The number of esters is 1. The fraction of sp³-hybridized carbons (Fsp3) is 0.636. The van der Waals surface area contributed by atoms with E-state index in [1.807, 2.05) is 13.8 Å². The fourth-order valence-electron chi connectivity index (χ4n) is 1.34. The molecule has 1 rings (SSSR count). The van der Waals surface area contributed by atoms with Gasteiger partial charge in [-0.3, -0.25) is 4.79 Å². The molecule has 1 aromatic heterocycles. The van der Waals surface area contributed by atoms with Gasteiger partial charge in [0.15, 0.2) is 0 Å². The van der Waals surface area contributed by atoms with E-state index in [1.54, 1.807) is 6.07 Å². The number of hydrogen-bond donors (Lipinski definition) is 1. The molecule has 0 bridgehead atoms. The normalized spacial score (nSPS) is 14.4. The van der Waals surface area contributed by atoms with Crippen LogP contribution in [0.15, 0.2) is 16.9 Å². The summed E-state index contributed by atoms with van der Waals surface area (Å²) in [5, 5.41) is 7.09. The van der Waals surface area contributed by atoms with Crippen LogP contribution in [0.2, 0.25) is 0 Å². The zero-order chi connectivity index (χ0) is 12.0. The molecule has 0 aliphatic heterocycles. The highest BCUT2D eigenvalue weighted by Gasteiger charge is 2.25. The largest absolute Gasteiger partial charge is 0.469 e. The predicted molar refractivity (Wildman–Crippen MR) is 58.7 cm³/mol. The molecule has 5 nitrogen and oxygen atoms in total. The van der Waals surface area contributed by atoms with E-state index in [2.05, 4.69) is 15.2 Å². The van der Waals surface area contributed by atoms with Crippen LogP contribution >= 0.6 is 0 Å². The van der Waals surface area contributed by atoms with E-state index in [1.165, 1.54) is 13.4 Å². The number of ether oxygens (including phenoxy) is 1. The SMILES string of the molecule is CC[C@@](C)(CC(=O)OC)NCc1ccon1. The van der Waals surface area contributed by atoms with Gasteiger partial charge >= 0.3 is 5.97 Å². The van der Waals surface area contributed by atoms with Crippen molar-refractivity contribution in [3.63, 3.8) is 0 Å². The Labute approximate surface area is 95.1 Å². The molecule has 0 amide bonds. The number of rotatable bonds is 6. The minimum atomic E-state index is -0.272. The molecule has 0 spiro atoms. The minimum absolute atomic E-state index is 0.211. The second-order valence-electron chi connectivity index (χ2n) is 4.01. The van der Waals surface area contributed by atoms with E-state index in [9.17, 15) is 4.79 Å². The number of aromatic nitrogens is 1. The number of nitrogens with zero attached hydrogens (tertiary/aromatic N) is 1. The Morgan fingerprint density at radius 1 is 1.69 bits per heavy atom. The Kier molecular flexibility index (Phi) is 4.49. The standard InChI is InChI=1S/C11H18N2O3/c1-4-11(2,7-10(14)15-3)12-8-9-5-6-16-13-9/h5-6,12H,4,7-8H2,1-3H3/t11-/m0/s1. The molecule has 1 heterocycles. The van der Waals surface area contributed by atoms with E-state index in [4.69, 9.17) is 4.52 Å². The van der Waals surface area contributed by atoms with Crippen molar-refractivity contribution in [1.29, 1.82) is 0 Å². The van der Waals surface area contributed by atoms with Gasteiger partial charge in [-0.1, -0.05) is 12.1 Å². The Bertz CT molecular complexity index is 324. The summed E-state index contributed by atoms with van der Waals surface area (Å²) in [6.07, 6.45) is 2.71. The van der Waals surface area contributed by atoms with E-state index in [0.717, 1.165) is 12.1 Å². The maximum Gasteiger partial charge on any atom is 0.307 e. The highest BCUT2D eigenvalue weighted by Crippen LogP contribution is 2.15. The molecule has 0 radical (unpaired) electrons. The number of nitrogens with one attached hydrogen (secondary N) is 1. The Morgan fingerprint density at radius 3 is 2.94 bits per heavy atom. The summed E-state index contributed by atoms with van der Waals surface area (Å²) >= 11 is 0. The maximum absolute atomic E-state index is 11.3. The predicted octanol–water partition coefficient (Wildman–Crippen LogP) is 1.50. The zero-order valence-electron chi connectivity index (χ0n) is 9.95. The molecule has 0 fully saturated rings. The lowest BCUT2D eigenvalue weighted by atomic mass is 9.94. The first-order chi connectivity index (χ1) is 7.59. The summed E-state index contributed by atoms with van der Waals surface area (Å²) in [6.45, 7) is 4.60. The fourth-order valence-corrected chi connectivity index (χ4v) is 1.34. The average Bonchev–Trinajstić information content (AvgIpc) is 2.79. The van der Waals surface area contributed by atoms with Crippen LogP contribution in [-0.4, -0.2) is 23.8 Å². The zero-order valence-corrected chi connectivity index (χ0v) is 9.95. The summed E-state index contributed by atoms with van der Waals surface area (Å²) in [7, 11) is 1.40. The molecule has 0 saturated heterocycles. The van der Waals surface area contributed by atoms with Gasteiger partial charge in [0.25, 0.3) is 0 Å². The quantitative estimate of drug-likeness (QED) is 0.744. The summed E-state index contributed by atoms with van der Waals surface area (Å²) < 4.78 is 9.41. The third-order valence-corrected chi connectivity index (χ3v) is 2.73. The van der Waals surface area contributed by atoms with Crippen molar-refractivity contribution in [3.05, 3.63) is 18.0 Å². The first-order valence-corrected chi connectivity index (χ1v) is 5.31. The van der Waals surface area contributed by atoms with Crippen molar-refractivity contribution in [2.75, 3.05) is 7.11 Å². The van der Waals surface area contributed by atoms with Crippen LogP contribution in [0.5, 0.6) is 0 Å². The molecule has 1 atom stereocenters. The smallest absolute Gasteiger partial charge is 0.307 e. The molecule has 0 unspecified atom stereocenters. The van der Waals surface area contributed by atoms with Gasteiger partial charge in [-0.2, -0.15) is 0 Å². The molecule has 0 saturated carbocycles. The van der Waals surface area contributed by atoms with Crippen molar-refractivity contribution in [3.8, 4) is 0 Å². The van der Waals surface area contributed by atoms with Gasteiger partial charge in [-0.25, -0.2) is 0 Å². The molecule has 1 aromatic rings. The van der Waals surface area contributed by atoms with Crippen LogP contribution in [0.4, 0.5) is 0 Å². The third-order valence-electron chi connectivity index (χ3n) is 2.73. The van der Waals surface area contributed by atoms with Crippen molar-refractivity contribution in [1.82, 2.24) is 10.5 Å². The number of carbonyl (C=O) groups is 1.